The van der Waals surface area contributed by atoms with Crippen molar-refractivity contribution in [3.63, 3.8) is 0 Å². The standard InChI is InChI=1S/C22H23FN4O3S/c1-4-11-27-20(13-30-18-10-5-15(2)12-19(18)29-3)25-26-22(27)31-14-21(28)24-17-8-6-16(23)7-9-17/h4-10,12H,1,11,13-14H2,2-3H3,(H,24,28). The van der Waals surface area contributed by atoms with Gasteiger partial charge in [0.25, 0.3) is 0 Å². The second-order valence-corrected chi connectivity index (χ2v) is 7.53. The van der Waals surface area contributed by atoms with Crippen molar-refractivity contribution in [3.8, 4) is 11.5 Å². The van der Waals surface area contributed by atoms with Gasteiger partial charge in [-0.25, -0.2) is 4.39 Å². The number of hydrogen-bond acceptors (Lipinski definition) is 6. The molecule has 0 aliphatic rings. The van der Waals surface area contributed by atoms with Crippen molar-refractivity contribution in [2.24, 2.45) is 0 Å². The smallest absolute Gasteiger partial charge is 0.234 e. The fraction of sp³-hybridized carbons (Fsp3) is 0.227. The summed E-state index contributed by atoms with van der Waals surface area (Å²) in [5.74, 6) is 1.38. The predicted molar refractivity (Wildman–Crippen MR) is 118 cm³/mol. The second-order valence-electron chi connectivity index (χ2n) is 6.58. The molecule has 0 atom stereocenters. The molecule has 1 aromatic heterocycles. The van der Waals surface area contributed by atoms with Gasteiger partial charge in [-0.1, -0.05) is 23.9 Å². The number of amides is 1. The third kappa shape index (κ3) is 6.08. The largest absolute Gasteiger partial charge is 0.493 e. The zero-order valence-corrected chi connectivity index (χ0v) is 18.1. The molecular formula is C22H23FN4O3S. The van der Waals surface area contributed by atoms with E-state index in [4.69, 9.17) is 9.47 Å². The molecule has 0 saturated carbocycles. The van der Waals surface area contributed by atoms with Gasteiger partial charge in [-0.2, -0.15) is 0 Å². The van der Waals surface area contributed by atoms with E-state index < -0.39 is 0 Å². The van der Waals surface area contributed by atoms with Crippen LogP contribution in [-0.4, -0.2) is 33.5 Å². The topological polar surface area (TPSA) is 78.3 Å². The van der Waals surface area contributed by atoms with Crippen molar-refractivity contribution in [1.29, 1.82) is 0 Å². The minimum absolute atomic E-state index is 0.124. The number of thioether (sulfide) groups is 1. The second kappa shape index (κ2) is 10.6. The highest BCUT2D eigenvalue weighted by molar-refractivity contribution is 7.99. The molecule has 3 rings (SSSR count). The van der Waals surface area contributed by atoms with Crippen LogP contribution in [0.4, 0.5) is 10.1 Å². The first-order valence-corrected chi connectivity index (χ1v) is 10.5. The van der Waals surface area contributed by atoms with E-state index in [1.807, 2.05) is 29.7 Å². The zero-order chi connectivity index (χ0) is 22.2. The highest BCUT2D eigenvalue weighted by Crippen LogP contribution is 2.28. The molecule has 0 aliphatic carbocycles. The molecule has 7 nitrogen and oxygen atoms in total. The molecular weight excluding hydrogens is 419 g/mol. The fourth-order valence-corrected chi connectivity index (χ4v) is 3.51. The molecule has 9 heteroatoms. The van der Waals surface area contributed by atoms with Crippen LogP contribution < -0.4 is 14.8 Å². The van der Waals surface area contributed by atoms with Gasteiger partial charge in [0.1, 0.15) is 12.4 Å². The monoisotopic (exact) mass is 442 g/mol. The molecule has 3 aromatic rings. The van der Waals surface area contributed by atoms with E-state index in [9.17, 15) is 9.18 Å². The summed E-state index contributed by atoms with van der Waals surface area (Å²) in [7, 11) is 1.59. The van der Waals surface area contributed by atoms with Gasteiger partial charge in [-0.3, -0.25) is 9.36 Å². The van der Waals surface area contributed by atoms with Crippen LogP contribution in [-0.2, 0) is 17.9 Å². The van der Waals surface area contributed by atoms with Gasteiger partial charge in [-0.15, -0.1) is 16.8 Å². The average Bonchev–Trinajstić information content (AvgIpc) is 3.14. The molecule has 1 N–H and O–H groups in total. The van der Waals surface area contributed by atoms with Crippen LogP contribution in [0.2, 0.25) is 0 Å². The van der Waals surface area contributed by atoms with Crippen LogP contribution in [0, 0.1) is 12.7 Å². The molecule has 0 unspecified atom stereocenters. The quantitative estimate of drug-likeness (QED) is 0.374. The van der Waals surface area contributed by atoms with Gasteiger partial charge in [0.2, 0.25) is 5.91 Å². The number of nitrogens with one attached hydrogen (secondary N) is 1. The molecule has 31 heavy (non-hydrogen) atoms. The number of aromatic nitrogens is 3. The van der Waals surface area contributed by atoms with Crippen molar-refractivity contribution >= 4 is 23.4 Å². The van der Waals surface area contributed by atoms with Gasteiger partial charge in [0.05, 0.1) is 12.9 Å². The van der Waals surface area contributed by atoms with Gasteiger partial charge < -0.3 is 14.8 Å². The number of hydrogen-bond donors (Lipinski definition) is 1. The lowest BCUT2D eigenvalue weighted by atomic mass is 10.2. The molecule has 0 spiro atoms. The van der Waals surface area contributed by atoms with E-state index in [0.717, 1.165) is 5.56 Å². The number of methoxy groups -OCH3 is 1. The maximum atomic E-state index is 13.0. The van der Waals surface area contributed by atoms with Crippen LogP contribution in [0.25, 0.3) is 0 Å². The van der Waals surface area contributed by atoms with Crippen LogP contribution >= 0.6 is 11.8 Å². The van der Waals surface area contributed by atoms with E-state index in [2.05, 4.69) is 22.1 Å². The van der Waals surface area contributed by atoms with E-state index in [0.29, 0.717) is 34.7 Å². The highest BCUT2D eigenvalue weighted by atomic mass is 32.2. The summed E-state index contributed by atoms with van der Waals surface area (Å²) in [5.41, 5.74) is 1.59. The van der Waals surface area contributed by atoms with Crippen LogP contribution in [0.5, 0.6) is 11.5 Å². The first-order chi connectivity index (χ1) is 15.0. The molecule has 0 saturated heterocycles. The minimum atomic E-state index is -0.358. The van der Waals surface area contributed by atoms with Crippen molar-refractivity contribution < 1.29 is 18.7 Å². The van der Waals surface area contributed by atoms with Crippen LogP contribution in [0.1, 0.15) is 11.4 Å². The Kier molecular flexibility index (Phi) is 7.66. The van der Waals surface area contributed by atoms with Crippen molar-refractivity contribution in [2.45, 2.75) is 25.2 Å². The Morgan fingerprint density at radius 2 is 2.00 bits per heavy atom. The van der Waals surface area contributed by atoms with Gasteiger partial charge in [0.15, 0.2) is 22.5 Å². The number of anilines is 1. The number of allylic oxidation sites excluding steroid dienone is 1. The van der Waals surface area contributed by atoms with Crippen molar-refractivity contribution in [3.05, 3.63) is 72.3 Å². The van der Waals surface area contributed by atoms with Crippen molar-refractivity contribution in [2.75, 3.05) is 18.2 Å². The van der Waals surface area contributed by atoms with Crippen LogP contribution in [0.3, 0.4) is 0 Å². The Labute approximate surface area is 184 Å². The van der Waals surface area contributed by atoms with E-state index in [-0.39, 0.29) is 24.1 Å². The first kappa shape index (κ1) is 22.4. The zero-order valence-electron chi connectivity index (χ0n) is 17.3. The SMILES string of the molecule is C=CCn1c(COc2ccc(C)cc2OC)nnc1SCC(=O)Nc1ccc(F)cc1. The molecule has 1 amide bonds. The minimum Gasteiger partial charge on any atom is -0.493 e. The van der Waals surface area contributed by atoms with Gasteiger partial charge in [0, 0.05) is 12.2 Å². The van der Waals surface area contributed by atoms with E-state index in [1.54, 1.807) is 13.2 Å². The summed E-state index contributed by atoms with van der Waals surface area (Å²) >= 11 is 1.24. The normalized spacial score (nSPS) is 10.5. The number of rotatable bonds is 10. The van der Waals surface area contributed by atoms with E-state index in [1.165, 1.54) is 36.0 Å². The van der Waals surface area contributed by atoms with Crippen molar-refractivity contribution in [1.82, 2.24) is 14.8 Å². The molecule has 1 heterocycles. The highest BCUT2D eigenvalue weighted by Gasteiger charge is 2.15. The molecule has 2 aromatic carbocycles. The average molecular weight is 443 g/mol. The number of aryl methyl sites for hydroxylation is 1. The Morgan fingerprint density at radius 1 is 1.23 bits per heavy atom. The lowest BCUT2D eigenvalue weighted by Gasteiger charge is -2.12. The summed E-state index contributed by atoms with van der Waals surface area (Å²) in [6.07, 6.45) is 1.72. The number of ether oxygens (including phenoxy) is 2. The fourth-order valence-electron chi connectivity index (χ4n) is 2.74. The Bertz CT molecular complexity index is 1050. The summed E-state index contributed by atoms with van der Waals surface area (Å²) in [5, 5.41) is 11.7. The summed E-state index contributed by atoms with van der Waals surface area (Å²) < 4.78 is 26.1. The molecule has 0 bridgehead atoms. The summed E-state index contributed by atoms with van der Waals surface area (Å²) in [4.78, 5) is 12.2. The van der Waals surface area contributed by atoms with Gasteiger partial charge >= 0.3 is 0 Å². The predicted octanol–water partition coefficient (Wildman–Crippen LogP) is 4.23. The maximum Gasteiger partial charge on any atom is 0.234 e. The summed E-state index contributed by atoms with van der Waals surface area (Å²) in [6, 6.07) is 11.3. The molecule has 162 valence electrons. The van der Waals surface area contributed by atoms with Gasteiger partial charge in [-0.05, 0) is 48.9 Å². The third-order valence-corrected chi connectivity index (χ3v) is 5.21. The number of benzene rings is 2. The lowest BCUT2D eigenvalue weighted by Crippen LogP contribution is -2.15. The first-order valence-electron chi connectivity index (χ1n) is 9.48. The third-order valence-electron chi connectivity index (χ3n) is 4.24. The Morgan fingerprint density at radius 3 is 2.71 bits per heavy atom. The maximum absolute atomic E-state index is 13.0. The van der Waals surface area contributed by atoms with E-state index >= 15 is 0 Å². The molecule has 0 radical (unpaired) electrons. The molecule has 0 aliphatic heterocycles. The number of halogens is 1. The Balaban J connectivity index is 1.63. The van der Waals surface area contributed by atoms with Crippen LogP contribution in [0.15, 0.2) is 60.3 Å². The number of nitrogens with zero attached hydrogens (tertiary/aromatic N) is 3. The lowest BCUT2D eigenvalue weighted by molar-refractivity contribution is -0.113. The number of carbonyl (C=O) groups excluding carboxylic acids is 1. The molecule has 0 fully saturated rings. The Hall–Kier alpha value is -3.33. The number of carbonyl (C=O) groups is 1. The summed E-state index contributed by atoms with van der Waals surface area (Å²) in [6.45, 7) is 6.40.